The van der Waals surface area contributed by atoms with Gasteiger partial charge in [0.25, 0.3) is 5.91 Å². The first-order valence-electron chi connectivity index (χ1n) is 12.9. The highest BCUT2D eigenvalue weighted by Crippen LogP contribution is 2.39. The summed E-state index contributed by atoms with van der Waals surface area (Å²) in [6.07, 6.45) is 6.42. The number of aliphatic hydroxyl groups is 1. The Hall–Kier alpha value is -3.73. The summed E-state index contributed by atoms with van der Waals surface area (Å²) >= 11 is 0. The fraction of sp³-hybridized carbons (Fsp3) is 0.481. The number of ether oxygens (including phenoxy) is 2. The van der Waals surface area contributed by atoms with Crippen molar-refractivity contribution < 1.29 is 28.6 Å². The second kappa shape index (κ2) is 10.9. The van der Waals surface area contributed by atoms with E-state index in [1.807, 2.05) is 0 Å². The molecule has 0 bridgehead atoms. The number of aromatic nitrogens is 3. The molecule has 0 aliphatic heterocycles. The Bertz CT molecular complexity index is 1350. The van der Waals surface area contributed by atoms with Gasteiger partial charge in [0.05, 0.1) is 24.8 Å². The lowest BCUT2D eigenvalue weighted by Gasteiger charge is -2.29. The number of amides is 2. The number of rotatable bonds is 9. The van der Waals surface area contributed by atoms with E-state index in [2.05, 4.69) is 25.6 Å². The summed E-state index contributed by atoms with van der Waals surface area (Å²) in [5.41, 5.74) is 2.88. The molecule has 2 aromatic heterocycles. The number of nitrogens with zero attached hydrogens (tertiary/aromatic N) is 2. The van der Waals surface area contributed by atoms with Crippen LogP contribution in [0.4, 0.5) is 4.39 Å². The summed E-state index contributed by atoms with van der Waals surface area (Å²) in [6.45, 7) is 1.79. The number of fused-ring (bicyclic) bond motifs is 1. The number of carbonyl (C=O) groups excluding carboxylic acids is 2. The Morgan fingerprint density at radius 2 is 1.79 bits per heavy atom. The van der Waals surface area contributed by atoms with Gasteiger partial charge in [-0.1, -0.05) is 0 Å². The molecular weight excluding hydrogens is 493 g/mol. The van der Waals surface area contributed by atoms with Crippen LogP contribution in [0.25, 0.3) is 22.3 Å². The molecule has 10 nitrogen and oxygen atoms in total. The Morgan fingerprint density at radius 3 is 2.45 bits per heavy atom. The van der Waals surface area contributed by atoms with E-state index in [4.69, 9.17) is 14.6 Å². The Balaban J connectivity index is 1.40. The normalized spacial score (nSPS) is 19.3. The Kier molecular flexibility index (Phi) is 7.46. The molecule has 2 fully saturated rings. The van der Waals surface area contributed by atoms with Gasteiger partial charge in [0.1, 0.15) is 29.9 Å². The van der Waals surface area contributed by atoms with Crippen LogP contribution < -0.4 is 20.1 Å². The highest BCUT2D eigenvalue weighted by atomic mass is 19.1. The average Bonchev–Trinajstić information content (AvgIpc) is 3.68. The van der Waals surface area contributed by atoms with E-state index >= 15 is 0 Å². The molecule has 4 N–H and O–H groups in total. The first-order chi connectivity index (χ1) is 18.4. The van der Waals surface area contributed by atoms with E-state index in [1.54, 1.807) is 6.92 Å². The van der Waals surface area contributed by atoms with Crippen LogP contribution in [0.15, 0.2) is 18.5 Å². The van der Waals surface area contributed by atoms with Gasteiger partial charge in [-0.25, -0.2) is 14.4 Å². The number of hydrogen-bond acceptors (Lipinski definition) is 7. The fourth-order valence-corrected chi connectivity index (χ4v) is 5.00. The summed E-state index contributed by atoms with van der Waals surface area (Å²) < 4.78 is 26.0. The minimum Gasteiger partial charge on any atom is -0.494 e. The molecule has 0 radical (unpaired) electrons. The number of hydrogen-bond donors (Lipinski definition) is 4. The van der Waals surface area contributed by atoms with Crippen LogP contribution in [0.1, 0.15) is 54.6 Å². The summed E-state index contributed by atoms with van der Waals surface area (Å²) in [4.78, 5) is 36.9. The van der Waals surface area contributed by atoms with Gasteiger partial charge >= 0.3 is 0 Å². The molecule has 11 heteroatoms. The van der Waals surface area contributed by atoms with E-state index in [0.717, 1.165) is 12.8 Å². The van der Waals surface area contributed by atoms with Gasteiger partial charge in [-0.15, -0.1) is 0 Å². The van der Waals surface area contributed by atoms with E-state index in [0.29, 0.717) is 77.5 Å². The second-order valence-electron chi connectivity index (χ2n) is 10.1. The highest BCUT2D eigenvalue weighted by Gasteiger charge is 2.28. The maximum atomic E-state index is 14.8. The number of methoxy groups -OCH3 is 1. The van der Waals surface area contributed by atoms with Crippen LogP contribution in [0.5, 0.6) is 11.5 Å². The van der Waals surface area contributed by atoms with Crippen molar-refractivity contribution in [1.29, 1.82) is 0 Å². The molecule has 0 spiro atoms. The molecule has 0 unspecified atom stereocenters. The topological polar surface area (TPSA) is 138 Å². The van der Waals surface area contributed by atoms with Crippen LogP contribution in [0, 0.1) is 18.7 Å². The number of benzene rings is 1. The smallest absolute Gasteiger partial charge is 0.255 e. The van der Waals surface area contributed by atoms with E-state index in [-0.39, 0.29) is 29.6 Å². The lowest BCUT2D eigenvalue weighted by Crippen LogP contribution is -2.44. The van der Waals surface area contributed by atoms with E-state index in [1.165, 1.54) is 25.6 Å². The predicted molar refractivity (Wildman–Crippen MR) is 138 cm³/mol. The number of nitrogens with one attached hydrogen (secondary N) is 3. The molecule has 2 aliphatic rings. The molecule has 2 aliphatic carbocycles. The summed E-state index contributed by atoms with van der Waals surface area (Å²) in [7, 11) is 1.41. The number of aliphatic hydroxyl groups excluding tert-OH is 1. The minimum absolute atomic E-state index is 0.00542. The molecule has 5 rings (SSSR count). The minimum atomic E-state index is -0.542. The number of aromatic amines is 1. The summed E-state index contributed by atoms with van der Waals surface area (Å²) in [5, 5.41) is 14.8. The highest BCUT2D eigenvalue weighted by molar-refractivity contribution is 6.09. The lowest BCUT2D eigenvalue weighted by molar-refractivity contribution is -0.124. The van der Waals surface area contributed by atoms with Gasteiger partial charge < -0.3 is 30.2 Å². The molecule has 38 heavy (non-hydrogen) atoms. The molecule has 2 amide bonds. The van der Waals surface area contributed by atoms with Gasteiger partial charge in [0.2, 0.25) is 5.91 Å². The van der Waals surface area contributed by atoms with Crippen molar-refractivity contribution in [3.63, 3.8) is 0 Å². The van der Waals surface area contributed by atoms with Gasteiger partial charge in [-0.3, -0.25) is 9.59 Å². The second-order valence-corrected chi connectivity index (χ2v) is 10.1. The average molecular weight is 526 g/mol. The van der Waals surface area contributed by atoms with Crippen LogP contribution in [0.2, 0.25) is 0 Å². The van der Waals surface area contributed by atoms with Crippen molar-refractivity contribution in [1.82, 2.24) is 25.6 Å². The van der Waals surface area contributed by atoms with Crippen LogP contribution in [0.3, 0.4) is 0 Å². The third kappa shape index (κ3) is 5.42. The number of H-pyrrole nitrogens is 1. The number of halogens is 1. The van der Waals surface area contributed by atoms with Crippen molar-refractivity contribution in [3.05, 3.63) is 35.5 Å². The Labute approximate surface area is 219 Å². The zero-order valence-electron chi connectivity index (χ0n) is 21.5. The third-order valence-electron chi connectivity index (χ3n) is 7.25. The van der Waals surface area contributed by atoms with Gasteiger partial charge in [-0.05, 0) is 57.4 Å². The number of carbonyl (C=O) groups is 2. The van der Waals surface area contributed by atoms with Gasteiger partial charge in [-0.2, -0.15) is 0 Å². The van der Waals surface area contributed by atoms with Crippen molar-refractivity contribution in [2.75, 3.05) is 20.3 Å². The zero-order chi connectivity index (χ0) is 26.8. The van der Waals surface area contributed by atoms with Crippen LogP contribution in [-0.2, 0) is 4.79 Å². The SMILES string of the molecule is COc1cc(OCC2CC2)c(-c2ncnc3c(C(=O)N[C@H]4CC[C@H](NC(=O)CO)CC4)c(C)[nH]c23)cc1F. The van der Waals surface area contributed by atoms with Crippen LogP contribution in [-0.4, -0.2) is 64.3 Å². The van der Waals surface area contributed by atoms with Crippen molar-refractivity contribution in [3.8, 4) is 22.8 Å². The van der Waals surface area contributed by atoms with Crippen molar-refractivity contribution >= 4 is 22.8 Å². The Morgan fingerprint density at radius 1 is 1.08 bits per heavy atom. The molecule has 2 heterocycles. The molecule has 0 saturated heterocycles. The molecular formula is C27H32FN5O5. The standard InChI is InChI=1S/C27H32FN5O5/c1-14-23(27(36)33-17-7-5-16(6-8-17)32-22(35)11-34)25-26(31-14)24(29-13-30-25)18-9-19(28)21(37-2)10-20(18)38-12-15-3-4-15/h9-10,13,15-17,31,34H,3-8,11-12H2,1-2H3,(H,32,35)(H,33,36)/t16-,17-. The van der Waals surface area contributed by atoms with Gasteiger partial charge in [0, 0.05) is 29.4 Å². The summed E-state index contributed by atoms with van der Waals surface area (Å²) in [5.74, 6) is -0.155. The maximum Gasteiger partial charge on any atom is 0.255 e. The zero-order valence-corrected chi connectivity index (χ0v) is 21.5. The van der Waals surface area contributed by atoms with Crippen molar-refractivity contribution in [2.45, 2.75) is 57.5 Å². The van der Waals surface area contributed by atoms with E-state index < -0.39 is 12.4 Å². The molecule has 0 atom stereocenters. The monoisotopic (exact) mass is 525 g/mol. The largest absolute Gasteiger partial charge is 0.494 e. The molecule has 3 aromatic rings. The van der Waals surface area contributed by atoms with Gasteiger partial charge in [0.15, 0.2) is 11.6 Å². The predicted octanol–water partition coefficient (Wildman–Crippen LogP) is 3.02. The fourth-order valence-electron chi connectivity index (χ4n) is 5.00. The quantitative estimate of drug-likeness (QED) is 0.337. The van der Waals surface area contributed by atoms with Crippen molar-refractivity contribution in [2.24, 2.45) is 5.92 Å². The maximum absolute atomic E-state index is 14.8. The first kappa shape index (κ1) is 25.9. The lowest BCUT2D eigenvalue weighted by atomic mass is 9.91. The molecule has 2 saturated carbocycles. The summed E-state index contributed by atoms with van der Waals surface area (Å²) in [6, 6.07) is 2.82. The number of aryl methyl sites for hydroxylation is 1. The first-order valence-corrected chi connectivity index (χ1v) is 12.9. The van der Waals surface area contributed by atoms with E-state index in [9.17, 15) is 14.0 Å². The van der Waals surface area contributed by atoms with Crippen LogP contribution >= 0.6 is 0 Å². The molecule has 202 valence electrons. The molecule has 1 aromatic carbocycles. The third-order valence-corrected chi connectivity index (χ3v) is 7.25.